The standard InChI is InChI=1S/C21H39NO4/c1-22(2,3)19-21(26,18-20(24)25)16-14-12-10-8-6-4-5-7-9-11-13-15-17-23/h10,12,14,16,23,26H,4-9,11,13,15,17-19H2,1-3H3/b12-10+,16-14+. The first-order valence-corrected chi connectivity index (χ1v) is 9.86. The van der Waals surface area contributed by atoms with Crippen molar-refractivity contribution in [2.75, 3.05) is 34.3 Å². The lowest BCUT2D eigenvalue weighted by molar-refractivity contribution is -0.876. The fourth-order valence-electron chi connectivity index (χ4n) is 3.08. The summed E-state index contributed by atoms with van der Waals surface area (Å²) in [6.07, 6.45) is 17.2. The second-order valence-electron chi connectivity index (χ2n) is 8.23. The lowest BCUT2D eigenvalue weighted by Gasteiger charge is -2.34. The van der Waals surface area contributed by atoms with Gasteiger partial charge in [-0.2, -0.15) is 0 Å². The quantitative estimate of drug-likeness (QED) is 0.248. The second-order valence-corrected chi connectivity index (χ2v) is 8.23. The summed E-state index contributed by atoms with van der Waals surface area (Å²) in [6, 6.07) is 0. The van der Waals surface area contributed by atoms with Crippen LogP contribution in [0, 0.1) is 0 Å². The number of nitrogens with zero attached hydrogens (tertiary/aromatic N) is 1. The zero-order chi connectivity index (χ0) is 19.9. The van der Waals surface area contributed by atoms with Crippen LogP contribution in [0.5, 0.6) is 0 Å². The van der Waals surface area contributed by atoms with E-state index in [0.29, 0.717) is 17.6 Å². The third-order valence-electron chi connectivity index (χ3n) is 4.13. The Labute approximate surface area is 159 Å². The van der Waals surface area contributed by atoms with E-state index in [2.05, 4.69) is 6.08 Å². The predicted molar refractivity (Wildman–Crippen MR) is 104 cm³/mol. The van der Waals surface area contributed by atoms with Crippen LogP contribution in [-0.2, 0) is 4.79 Å². The number of rotatable bonds is 16. The van der Waals surface area contributed by atoms with Crippen LogP contribution in [0.15, 0.2) is 24.3 Å². The van der Waals surface area contributed by atoms with Crippen molar-refractivity contribution < 1.29 is 24.6 Å². The zero-order valence-corrected chi connectivity index (χ0v) is 17.0. The molecule has 1 atom stereocenters. The van der Waals surface area contributed by atoms with Gasteiger partial charge in [0.1, 0.15) is 12.1 Å². The van der Waals surface area contributed by atoms with Gasteiger partial charge in [-0.3, -0.25) is 0 Å². The van der Waals surface area contributed by atoms with Gasteiger partial charge in [-0.05, 0) is 25.3 Å². The molecule has 0 heterocycles. The minimum absolute atomic E-state index is 0.306. The molecule has 0 aromatic heterocycles. The summed E-state index contributed by atoms with van der Waals surface area (Å²) in [7, 11) is 5.74. The molecule has 5 nitrogen and oxygen atoms in total. The van der Waals surface area contributed by atoms with Crippen molar-refractivity contribution >= 4 is 5.97 Å². The van der Waals surface area contributed by atoms with Crippen molar-refractivity contribution in [1.82, 2.24) is 0 Å². The van der Waals surface area contributed by atoms with Gasteiger partial charge in [0, 0.05) is 19.0 Å². The number of carbonyl (C=O) groups is 1. The van der Waals surface area contributed by atoms with Crippen LogP contribution in [0.2, 0.25) is 0 Å². The maximum atomic E-state index is 10.9. The van der Waals surface area contributed by atoms with Crippen LogP contribution in [0.25, 0.3) is 0 Å². The monoisotopic (exact) mass is 369 g/mol. The van der Waals surface area contributed by atoms with Gasteiger partial charge in [0.2, 0.25) is 0 Å². The maximum absolute atomic E-state index is 10.9. The van der Waals surface area contributed by atoms with E-state index in [1.165, 1.54) is 32.1 Å². The number of aliphatic hydroxyl groups is 2. The van der Waals surface area contributed by atoms with Crippen molar-refractivity contribution in [2.24, 2.45) is 0 Å². The van der Waals surface area contributed by atoms with E-state index in [4.69, 9.17) is 5.11 Å². The molecule has 0 aliphatic heterocycles. The molecule has 0 aliphatic carbocycles. The normalized spacial score (nSPS) is 15.0. The van der Waals surface area contributed by atoms with Gasteiger partial charge in [0.05, 0.1) is 21.1 Å². The van der Waals surface area contributed by atoms with Gasteiger partial charge in [-0.15, -0.1) is 0 Å². The van der Waals surface area contributed by atoms with Crippen LogP contribution >= 0.6 is 0 Å². The van der Waals surface area contributed by atoms with E-state index in [0.717, 1.165) is 25.7 Å². The molecule has 5 heteroatoms. The lowest BCUT2D eigenvalue weighted by atomic mass is 9.97. The number of hydrogen-bond acceptors (Lipinski definition) is 4. The first kappa shape index (κ1) is 24.8. The van der Waals surface area contributed by atoms with Gasteiger partial charge in [0.25, 0.3) is 0 Å². The van der Waals surface area contributed by atoms with Crippen LogP contribution in [0.3, 0.4) is 0 Å². The van der Waals surface area contributed by atoms with E-state index in [1.54, 1.807) is 12.2 Å². The number of likely N-dealkylation sites (N-methyl/N-ethyl adjacent to an activating group) is 1. The molecular weight excluding hydrogens is 330 g/mol. The van der Waals surface area contributed by atoms with E-state index < -0.39 is 18.0 Å². The molecule has 0 aromatic rings. The average molecular weight is 370 g/mol. The number of quaternary nitrogens is 1. The largest absolute Gasteiger partial charge is 0.550 e. The van der Waals surface area contributed by atoms with Gasteiger partial charge in [0.15, 0.2) is 0 Å². The van der Waals surface area contributed by atoms with Gasteiger partial charge in [-0.25, -0.2) is 0 Å². The number of allylic oxidation sites excluding steroid dienone is 3. The molecule has 0 saturated heterocycles. The molecule has 0 amide bonds. The third-order valence-corrected chi connectivity index (χ3v) is 4.13. The Balaban J connectivity index is 4.00. The number of unbranched alkanes of at least 4 members (excludes halogenated alkanes) is 8. The molecule has 26 heavy (non-hydrogen) atoms. The lowest BCUT2D eigenvalue weighted by Crippen LogP contribution is -2.50. The first-order valence-electron chi connectivity index (χ1n) is 9.86. The van der Waals surface area contributed by atoms with Crippen molar-refractivity contribution in [2.45, 2.75) is 69.8 Å². The van der Waals surface area contributed by atoms with E-state index in [1.807, 2.05) is 27.2 Å². The summed E-state index contributed by atoms with van der Waals surface area (Å²) in [5.74, 6) is -1.24. The Morgan fingerprint density at radius 2 is 1.50 bits per heavy atom. The highest BCUT2D eigenvalue weighted by atomic mass is 16.4. The molecule has 2 N–H and O–H groups in total. The second kappa shape index (κ2) is 14.0. The van der Waals surface area contributed by atoms with Crippen LogP contribution in [-0.4, -0.2) is 60.6 Å². The molecule has 1 unspecified atom stereocenters. The highest BCUT2D eigenvalue weighted by molar-refractivity contribution is 5.66. The fraction of sp³-hybridized carbons (Fsp3) is 0.762. The SMILES string of the molecule is C[N+](C)(C)CC(O)(/C=C/C=C/CCCCCCCCCCO)CC(=O)[O-]. The summed E-state index contributed by atoms with van der Waals surface area (Å²) in [6.45, 7) is 0.615. The Hall–Kier alpha value is -1.17. The molecule has 0 radical (unpaired) electrons. The zero-order valence-electron chi connectivity index (χ0n) is 17.0. The summed E-state index contributed by atoms with van der Waals surface area (Å²) in [5.41, 5.74) is -1.39. The Morgan fingerprint density at radius 3 is 2.00 bits per heavy atom. The summed E-state index contributed by atoms with van der Waals surface area (Å²) < 4.78 is 0.470. The molecule has 0 rings (SSSR count). The average Bonchev–Trinajstić information content (AvgIpc) is 2.49. The van der Waals surface area contributed by atoms with Crippen molar-refractivity contribution in [3.8, 4) is 0 Å². The molecule has 0 bridgehead atoms. The highest BCUT2D eigenvalue weighted by Gasteiger charge is 2.30. The fourth-order valence-corrected chi connectivity index (χ4v) is 3.08. The molecule has 0 saturated carbocycles. The Bertz CT molecular complexity index is 426. The van der Waals surface area contributed by atoms with Crippen LogP contribution < -0.4 is 5.11 Å². The number of aliphatic carboxylic acids is 1. The van der Waals surface area contributed by atoms with E-state index >= 15 is 0 Å². The summed E-state index contributed by atoms with van der Waals surface area (Å²) in [5, 5.41) is 30.1. The maximum Gasteiger partial charge on any atom is 0.137 e. The first-order chi connectivity index (χ1) is 12.2. The minimum Gasteiger partial charge on any atom is -0.550 e. The minimum atomic E-state index is -1.39. The molecular formula is C21H39NO4. The smallest absolute Gasteiger partial charge is 0.137 e. The van der Waals surface area contributed by atoms with Crippen molar-refractivity contribution in [3.05, 3.63) is 24.3 Å². The number of carboxylic acids is 1. The van der Waals surface area contributed by atoms with Gasteiger partial charge in [-0.1, -0.05) is 56.8 Å². The molecule has 0 aliphatic rings. The molecule has 0 aromatic carbocycles. The number of carbonyl (C=O) groups excluding carboxylic acids is 1. The van der Waals surface area contributed by atoms with Gasteiger partial charge < -0.3 is 24.6 Å². The summed E-state index contributed by atoms with van der Waals surface area (Å²) >= 11 is 0. The summed E-state index contributed by atoms with van der Waals surface area (Å²) in [4.78, 5) is 10.9. The highest BCUT2D eigenvalue weighted by Crippen LogP contribution is 2.16. The van der Waals surface area contributed by atoms with E-state index in [-0.39, 0.29) is 0 Å². The van der Waals surface area contributed by atoms with Crippen LogP contribution in [0.4, 0.5) is 0 Å². The number of hydrogen-bond donors (Lipinski definition) is 2. The third kappa shape index (κ3) is 16.3. The van der Waals surface area contributed by atoms with E-state index in [9.17, 15) is 15.0 Å². The predicted octanol–water partition coefficient (Wildman–Crippen LogP) is 2.18. The number of carboxylic acid groups (broad SMARTS) is 1. The van der Waals surface area contributed by atoms with Crippen molar-refractivity contribution in [1.29, 1.82) is 0 Å². The Kier molecular flexibility index (Phi) is 13.3. The molecule has 152 valence electrons. The molecule has 0 spiro atoms. The topological polar surface area (TPSA) is 80.6 Å². The van der Waals surface area contributed by atoms with Crippen molar-refractivity contribution in [3.63, 3.8) is 0 Å². The van der Waals surface area contributed by atoms with Gasteiger partial charge >= 0.3 is 0 Å². The Morgan fingerprint density at radius 1 is 0.962 bits per heavy atom. The van der Waals surface area contributed by atoms with Crippen LogP contribution in [0.1, 0.15) is 64.2 Å². The number of aliphatic hydroxyl groups excluding tert-OH is 1. The molecule has 0 fully saturated rings.